The minimum atomic E-state index is -0.472. The Morgan fingerprint density at radius 2 is 2.09 bits per heavy atom. The summed E-state index contributed by atoms with van der Waals surface area (Å²) >= 11 is 0. The van der Waals surface area contributed by atoms with Gasteiger partial charge in [0.15, 0.2) is 5.69 Å². The molecule has 11 heavy (non-hydrogen) atoms. The first kappa shape index (κ1) is 13.8. The van der Waals surface area contributed by atoms with E-state index in [4.69, 9.17) is 0 Å². The molecule has 0 amide bonds. The average molecular weight is 176 g/mol. The summed E-state index contributed by atoms with van der Waals surface area (Å²) in [5, 5.41) is 9.98. The maximum absolute atomic E-state index is 9.98. The van der Waals surface area contributed by atoms with Gasteiger partial charge in [-0.1, -0.05) is 6.07 Å². The van der Waals surface area contributed by atoms with Crippen LogP contribution in [0.15, 0.2) is 24.3 Å². The zero-order valence-corrected chi connectivity index (χ0v) is 9.70. The first-order chi connectivity index (χ1) is 4.30. The van der Waals surface area contributed by atoms with E-state index >= 15 is 0 Å². The predicted molar refractivity (Wildman–Crippen MR) is 38.3 cm³/mol. The van der Waals surface area contributed by atoms with E-state index < -0.39 is 4.92 Å². The summed E-state index contributed by atoms with van der Waals surface area (Å²) in [7, 11) is 0. The van der Waals surface area contributed by atoms with E-state index in [0.29, 0.717) is 0 Å². The predicted octanol–water partition coefficient (Wildman–Crippen LogP) is -1.15. The van der Waals surface area contributed by atoms with Crippen LogP contribution in [0.25, 0.3) is 0 Å². The van der Waals surface area contributed by atoms with Gasteiger partial charge >= 0.3 is 51.4 Å². The Morgan fingerprint density at radius 1 is 1.45 bits per heavy atom. The average Bonchev–Trinajstić information content (AvgIpc) is 1.90. The van der Waals surface area contributed by atoms with E-state index in [-0.39, 0.29) is 64.5 Å². The molecule has 0 bridgehead atoms. The van der Waals surface area contributed by atoms with Gasteiger partial charge in [-0.25, -0.2) is 0 Å². The van der Waals surface area contributed by atoms with E-state index in [9.17, 15) is 10.1 Å². The number of hydrogen-bond acceptors (Lipinski definition) is 2. The van der Waals surface area contributed by atoms with Gasteiger partial charge in [0.1, 0.15) is 0 Å². The largest absolute Gasteiger partial charge is 1.00 e. The minimum Gasteiger partial charge on any atom is -0.358 e. The van der Waals surface area contributed by atoms with Crippen LogP contribution in [-0.2, 0) is 0 Å². The van der Waals surface area contributed by atoms with Crippen LogP contribution in [0.4, 0.5) is 5.69 Å². The molecular formula is C7H7KNO2-. The van der Waals surface area contributed by atoms with Crippen molar-refractivity contribution in [1.29, 1.82) is 0 Å². The van der Waals surface area contributed by atoms with Crippen molar-refractivity contribution in [2.75, 3.05) is 0 Å². The summed E-state index contributed by atoms with van der Waals surface area (Å²) in [6.45, 7) is 0. The van der Waals surface area contributed by atoms with Crippen molar-refractivity contribution in [2.45, 2.75) is 0 Å². The van der Waals surface area contributed by atoms with Crippen molar-refractivity contribution in [2.24, 2.45) is 0 Å². The second kappa shape index (κ2) is 6.94. The Morgan fingerprint density at radius 3 is 2.36 bits per heavy atom. The summed E-state index contributed by atoms with van der Waals surface area (Å²) in [6, 6.07) is 8.68. The Balaban J connectivity index is 0. The second-order valence-corrected chi connectivity index (χ2v) is 1.50. The third kappa shape index (κ3) is 4.65. The zero-order valence-electron chi connectivity index (χ0n) is 6.57. The molecule has 0 N–H and O–H groups in total. The van der Waals surface area contributed by atoms with Crippen molar-refractivity contribution < 1.29 is 56.3 Å². The summed E-state index contributed by atoms with van der Waals surface area (Å²) in [5.41, 5.74) is 0.0116. The molecule has 0 aromatic heterocycles. The first-order valence-corrected chi connectivity index (χ1v) is 2.42. The molecular weight excluding hydrogens is 169 g/mol. The molecule has 0 atom stereocenters. The number of nitro benzene ring substituents is 1. The third-order valence-corrected chi connectivity index (χ3v) is 0.889. The van der Waals surface area contributed by atoms with Gasteiger partial charge in [0.25, 0.3) is 0 Å². The number of nitrogens with zero attached hydrogens (tertiary/aromatic N) is 1. The van der Waals surface area contributed by atoms with Gasteiger partial charge in [0.05, 0.1) is 0 Å². The van der Waals surface area contributed by atoms with Crippen molar-refractivity contribution in [1.82, 2.24) is 0 Å². The number of hydrogen-bond donors (Lipinski definition) is 0. The van der Waals surface area contributed by atoms with Crippen LogP contribution in [0.2, 0.25) is 0 Å². The van der Waals surface area contributed by atoms with Crippen LogP contribution in [0.5, 0.6) is 0 Å². The number of non-ortho nitro benzene ring substituents is 1. The number of para-hydroxylation sites is 1. The molecule has 3 nitrogen and oxygen atoms in total. The SMILES string of the molecule is O=[N+]([O-])c1[c-]cccc1.[CH3-].[K+]. The molecule has 1 aromatic rings. The van der Waals surface area contributed by atoms with Crippen molar-refractivity contribution >= 4 is 5.69 Å². The van der Waals surface area contributed by atoms with E-state index in [0.717, 1.165) is 0 Å². The topological polar surface area (TPSA) is 43.1 Å². The van der Waals surface area contributed by atoms with E-state index in [1.54, 1.807) is 12.1 Å². The van der Waals surface area contributed by atoms with Gasteiger partial charge in [-0.3, -0.25) is 10.1 Å². The van der Waals surface area contributed by atoms with Gasteiger partial charge < -0.3 is 7.43 Å². The smallest absolute Gasteiger partial charge is 0.358 e. The van der Waals surface area contributed by atoms with Gasteiger partial charge in [-0.2, -0.15) is 18.2 Å². The maximum Gasteiger partial charge on any atom is 1.00 e. The Hall–Kier alpha value is 0.256. The quantitative estimate of drug-likeness (QED) is 0.235. The number of benzene rings is 1. The second-order valence-electron chi connectivity index (χ2n) is 1.50. The Bertz CT molecular complexity index is 213. The molecule has 1 rings (SSSR count). The molecule has 4 heteroatoms. The summed E-state index contributed by atoms with van der Waals surface area (Å²) in [6.07, 6.45) is 0. The van der Waals surface area contributed by atoms with Crippen LogP contribution in [0.1, 0.15) is 0 Å². The standard InChI is InChI=1S/C6H4NO2.CH3.K/c8-7(9)6-4-2-1-3-5-6;;/h1-4H;1H3;/q2*-1;+1. The van der Waals surface area contributed by atoms with Crippen molar-refractivity contribution in [3.8, 4) is 0 Å². The molecule has 0 heterocycles. The number of nitro groups is 1. The molecule has 1 aromatic carbocycles. The molecule has 0 aliphatic carbocycles. The first-order valence-electron chi connectivity index (χ1n) is 2.42. The zero-order chi connectivity index (χ0) is 6.69. The fourth-order valence-electron chi connectivity index (χ4n) is 0.497. The van der Waals surface area contributed by atoms with E-state index in [1.165, 1.54) is 12.1 Å². The van der Waals surface area contributed by atoms with Crippen LogP contribution < -0.4 is 51.4 Å². The molecule has 0 unspecified atom stereocenters. The van der Waals surface area contributed by atoms with Crippen molar-refractivity contribution in [3.63, 3.8) is 0 Å². The van der Waals surface area contributed by atoms with E-state index in [2.05, 4.69) is 6.07 Å². The summed E-state index contributed by atoms with van der Waals surface area (Å²) in [4.78, 5) is 9.50. The van der Waals surface area contributed by atoms with Gasteiger partial charge in [-0.15, -0.1) is 6.07 Å². The molecule has 0 saturated carbocycles. The molecule has 54 valence electrons. The molecule has 0 aliphatic heterocycles. The molecule has 0 spiro atoms. The van der Waals surface area contributed by atoms with Crippen molar-refractivity contribution in [3.05, 3.63) is 47.9 Å². The molecule has 0 radical (unpaired) electrons. The van der Waals surface area contributed by atoms with Crippen LogP contribution in [0, 0.1) is 23.6 Å². The fraction of sp³-hybridized carbons (Fsp3) is 0. The molecule has 0 aliphatic rings. The Kier molecular flexibility index (Phi) is 8.71. The van der Waals surface area contributed by atoms with Gasteiger partial charge in [0, 0.05) is 4.92 Å². The van der Waals surface area contributed by atoms with Crippen LogP contribution >= 0.6 is 0 Å². The normalized spacial score (nSPS) is 7.27. The Labute approximate surface area is 108 Å². The monoisotopic (exact) mass is 176 g/mol. The minimum absolute atomic E-state index is 0. The van der Waals surface area contributed by atoms with Gasteiger partial charge in [0.2, 0.25) is 0 Å². The molecule has 0 saturated heterocycles. The number of rotatable bonds is 1. The van der Waals surface area contributed by atoms with Crippen LogP contribution in [0.3, 0.4) is 0 Å². The molecule has 0 fully saturated rings. The van der Waals surface area contributed by atoms with Crippen LogP contribution in [-0.4, -0.2) is 4.92 Å². The van der Waals surface area contributed by atoms with Gasteiger partial charge in [-0.05, 0) is 0 Å². The maximum atomic E-state index is 9.98. The van der Waals surface area contributed by atoms with E-state index in [1.807, 2.05) is 0 Å². The third-order valence-electron chi connectivity index (χ3n) is 0.889. The summed E-state index contributed by atoms with van der Waals surface area (Å²) in [5.74, 6) is 0. The fourth-order valence-corrected chi connectivity index (χ4v) is 0.497. The summed E-state index contributed by atoms with van der Waals surface area (Å²) < 4.78 is 0.